The lowest BCUT2D eigenvalue weighted by Crippen LogP contribution is -2.55. The van der Waals surface area contributed by atoms with E-state index in [1.54, 1.807) is 42.3 Å². The molecule has 0 aliphatic carbocycles. The normalized spacial score (nSPS) is 20.4. The summed E-state index contributed by atoms with van der Waals surface area (Å²) in [5.41, 5.74) is 4.03. The SMILES string of the molecule is CN1Cc2ccc(N3CCO[C@H]([C@@H](O)C(=O)Nc4ccc5c(c4)CNC5=N)C3=O)cc2C1=O. The topological polar surface area (TPSA) is 135 Å². The van der Waals surface area contributed by atoms with Gasteiger partial charge in [-0.3, -0.25) is 19.8 Å². The van der Waals surface area contributed by atoms with Crippen LogP contribution in [0.15, 0.2) is 36.4 Å². The number of amides is 3. The fourth-order valence-electron chi connectivity index (χ4n) is 4.38. The summed E-state index contributed by atoms with van der Waals surface area (Å²) in [6.45, 7) is 1.39. The van der Waals surface area contributed by atoms with E-state index in [4.69, 9.17) is 10.1 Å². The second kappa shape index (κ2) is 7.98. The molecule has 3 amide bonds. The van der Waals surface area contributed by atoms with E-state index < -0.39 is 24.0 Å². The van der Waals surface area contributed by atoms with Gasteiger partial charge in [-0.2, -0.15) is 0 Å². The third kappa shape index (κ3) is 3.62. The number of benzene rings is 2. The number of morpholine rings is 1. The number of carbonyl (C=O) groups excluding carboxylic acids is 3. The molecule has 0 radical (unpaired) electrons. The summed E-state index contributed by atoms with van der Waals surface area (Å²) in [4.78, 5) is 41.1. The van der Waals surface area contributed by atoms with Gasteiger partial charge in [0.25, 0.3) is 17.7 Å². The molecule has 0 bridgehead atoms. The number of carbonyl (C=O) groups is 3. The number of hydrogen-bond acceptors (Lipinski definition) is 6. The van der Waals surface area contributed by atoms with Crippen molar-refractivity contribution < 1.29 is 24.2 Å². The highest BCUT2D eigenvalue weighted by molar-refractivity contribution is 6.06. The Morgan fingerprint density at radius 1 is 1.21 bits per heavy atom. The van der Waals surface area contributed by atoms with Crippen molar-refractivity contribution in [3.8, 4) is 0 Å². The Balaban J connectivity index is 1.31. The molecule has 10 heteroatoms. The molecule has 0 saturated carbocycles. The predicted octanol–water partition coefficient (Wildman–Crippen LogP) is 0.432. The summed E-state index contributed by atoms with van der Waals surface area (Å²) >= 11 is 0. The average Bonchev–Trinajstić information content (AvgIpc) is 3.32. The standard InChI is InChI=1S/C23H23N5O5/c1-27-11-12-2-4-15(9-17(12)22(27)31)28-6-7-33-19(23(28)32)18(29)21(30)26-14-3-5-16-13(8-14)10-25-20(16)24/h2-5,8-9,18-19,29H,6-7,10-11H2,1H3,(H2,24,25)(H,26,30)/t18-,19-/m1/s1. The number of fused-ring (bicyclic) bond motifs is 2. The molecule has 0 unspecified atom stereocenters. The monoisotopic (exact) mass is 449 g/mol. The molecule has 170 valence electrons. The smallest absolute Gasteiger partial charge is 0.259 e. The molecule has 2 aromatic carbocycles. The van der Waals surface area contributed by atoms with Crippen molar-refractivity contribution in [3.05, 3.63) is 58.7 Å². The van der Waals surface area contributed by atoms with Crippen LogP contribution < -0.4 is 15.5 Å². The first-order valence-corrected chi connectivity index (χ1v) is 10.6. The maximum Gasteiger partial charge on any atom is 0.259 e. The van der Waals surface area contributed by atoms with E-state index >= 15 is 0 Å². The van der Waals surface area contributed by atoms with Crippen LogP contribution in [-0.2, 0) is 27.4 Å². The molecule has 5 rings (SSSR count). The molecule has 3 aliphatic rings. The Labute approximate surface area is 189 Å². The summed E-state index contributed by atoms with van der Waals surface area (Å²) in [5.74, 6) is -1.09. The Kier molecular flexibility index (Phi) is 5.10. The molecule has 3 aliphatic heterocycles. The summed E-state index contributed by atoms with van der Waals surface area (Å²) in [6, 6.07) is 10.3. The van der Waals surface area contributed by atoms with Crippen LogP contribution >= 0.6 is 0 Å². The Morgan fingerprint density at radius 2 is 2.03 bits per heavy atom. The van der Waals surface area contributed by atoms with Crippen LogP contribution in [0, 0.1) is 5.41 Å². The molecule has 33 heavy (non-hydrogen) atoms. The van der Waals surface area contributed by atoms with E-state index in [9.17, 15) is 19.5 Å². The molecular formula is C23H23N5O5. The maximum atomic E-state index is 13.1. The highest BCUT2D eigenvalue weighted by Gasteiger charge is 2.40. The number of ether oxygens (including phenoxy) is 1. The van der Waals surface area contributed by atoms with E-state index in [0.29, 0.717) is 35.9 Å². The molecule has 2 atom stereocenters. The molecule has 3 heterocycles. The lowest BCUT2D eigenvalue weighted by atomic mass is 10.1. The van der Waals surface area contributed by atoms with Crippen LogP contribution in [0.2, 0.25) is 0 Å². The Hall–Kier alpha value is -3.76. The highest BCUT2D eigenvalue weighted by Crippen LogP contribution is 2.28. The number of aliphatic hydroxyl groups excluding tert-OH is 1. The first kappa shape index (κ1) is 21.1. The van der Waals surface area contributed by atoms with Gasteiger partial charge in [0.2, 0.25) is 0 Å². The molecule has 4 N–H and O–H groups in total. The van der Waals surface area contributed by atoms with Gasteiger partial charge >= 0.3 is 0 Å². The zero-order valence-corrected chi connectivity index (χ0v) is 17.9. The van der Waals surface area contributed by atoms with E-state index in [1.807, 2.05) is 6.07 Å². The van der Waals surface area contributed by atoms with Crippen molar-refractivity contribution in [2.24, 2.45) is 0 Å². The van der Waals surface area contributed by atoms with Crippen LogP contribution in [-0.4, -0.2) is 66.0 Å². The maximum absolute atomic E-state index is 13.1. The van der Waals surface area contributed by atoms with Gasteiger partial charge in [-0.25, -0.2) is 0 Å². The Bertz CT molecular complexity index is 1200. The Morgan fingerprint density at radius 3 is 2.85 bits per heavy atom. The number of nitrogens with zero attached hydrogens (tertiary/aromatic N) is 2. The van der Waals surface area contributed by atoms with Crippen LogP contribution in [0.5, 0.6) is 0 Å². The first-order valence-electron chi connectivity index (χ1n) is 10.6. The zero-order chi connectivity index (χ0) is 23.3. The number of hydrogen-bond donors (Lipinski definition) is 4. The largest absolute Gasteiger partial charge is 0.380 e. The third-order valence-electron chi connectivity index (χ3n) is 6.16. The minimum atomic E-state index is -1.72. The van der Waals surface area contributed by atoms with Crippen molar-refractivity contribution in [1.82, 2.24) is 10.2 Å². The van der Waals surface area contributed by atoms with Crippen LogP contribution in [0.4, 0.5) is 11.4 Å². The summed E-state index contributed by atoms with van der Waals surface area (Å²) < 4.78 is 5.47. The quantitative estimate of drug-likeness (QED) is 0.535. The lowest BCUT2D eigenvalue weighted by Gasteiger charge is -2.34. The van der Waals surface area contributed by atoms with Crippen LogP contribution in [0.3, 0.4) is 0 Å². The minimum Gasteiger partial charge on any atom is -0.380 e. The fourth-order valence-corrected chi connectivity index (χ4v) is 4.38. The van der Waals surface area contributed by atoms with E-state index in [2.05, 4.69) is 10.6 Å². The van der Waals surface area contributed by atoms with Crippen LogP contribution in [0.25, 0.3) is 0 Å². The zero-order valence-electron chi connectivity index (χ0n) is 17.9. The second-order valence-electron chi connectivity index (χ2n) is 8.32. The van der Waals surface area contributed by atoms with Crippen molar-refractivity contribution in [3.63, 3.8) is 0 Å². The highest BCUT2D eigenvalue weighted by atomic mass is 16.5. The molecule has 2 aromatic rings. The predicted molar refractivity (Wildman–Crippen MR) is 119 cm³/mol. The van der Waals surface area contributed by atoms with Crippen molar-refractivity contribution in [2.45, 2.75) is 25.3 Å². The van der Waals surface area contributed by atoms with Gasteiger partial charge in [0.15, 0.2) is 12.2 Å². The van der Waals surface area contributed by atoms with E-state index in [1.165, 1.54) is 4.90 Å². The molecule has 10 nitrogen and oxygen atoms in total. The number of aliphatic hydroxyl groups is 1. The number of rotatable bonds is 4. The number of amidine groups is 1. The average molecular weight is 449 g/mol. The van der Waals surface area contributed by atoms with Gasteiger partial charge < -0.3 is 30.3 Å². The molecule has 0 aromatic heterocycles. The van der Waals surface area contributed by atoms with Crippen molar-refractivity contribution in [1.29, 1.82) is 5.41 Å². The lowest BCUT2D eigenvalue weighted by molar-refractivity contribution is -0.150. The minimum absolute atomic E-state index is 0.108. The van der Waals surface area contributed by atoms with Gasteiger partial charge in [0, 0.05) is 49.2 Å². The molecule has 1 saturated heterocycles. The number of nitrogens with one attached hydrogen (secondary N) is 3. The van der Waals surface area contributed by atoms with E-state index in [-0.39, 0.29) is 19.1 Å². The molecule has 1 fully saturated rings. The fraction of sp³-hybridized carbons (Fsp3) is 0.304. The summed E-state index contributed by atoms with van der Waals surface area (Å²) in [5, 5.41) is 23.9. The molecular weight excluding hydrogens is 426 g/mol. The van der Waals surface area contributed by atoms with Gasteiger partial charge in [-0.1, -0.05) is 6.07 Å². The van der Waals surface area contributed by atoms with Crippen molar-refractivity contribution in [2.75, 3.05) is 30.4 Å². The van der Waals surface area contributed by atoms with Crippen molar-refractivity contribution >= 4 is 34.9 Å². The van der Waals surface area contributed by atoms with Crippen LogP contribution in [0.1, 0.15) is 27.0 Å². The second-order valence-corrected chi connectivity index (χ2v) is 8.32. The first-order chi connectivity index (χ1) is 15.8. The molecule has 0 spiro atoms. The summed E-state index contributed by atoms with van der Waals surface area (Å²) in [7, 11) is 1.72. The van der Waals surface area contributed by atoms with Gasteiger partial charge in [0.1, 0.15) is 5.84 Å². The summed E-state index contributed by atoms with van der Waals surface area (Å²) in [6.07, 6.45) is -3.08. The number of anilines is 2. The van der Waals surface area contributed by atoms with Gasteiger partial charge in [-0.05, 0) is 41.5 Å². The van der Waals surface area contributed by atoms with E-state index in [0.717, 1.165) is 16.7 Å². The van der Waals surface area contributed by atoms with Gasteiger partial charge in [0.05, 0.1) is 6.61 Å². The van der Waals surface area contributed by atoms with Gasteiger partial charge in [-0.15, -0.1) is 0 Å². The third-order valence-corrected chi connectivity index (χ3v) is 6.16.